The number of halogens is 2. The van der Waals surface area contributed by atoms with Crippen LogP contribution in [-0.4, -0.2) is 15.2 Å². The van der Waals surface area contributed by atoms with Crippen LogP contribution in [0.2, 0.25) is 10.3 Å². The summed E-state index contributed by atoms with van der Waals surface area (Å²) >= 11 is 11.7. The lowest BCUT2D eigenvalue weighted by molar-refractivity contribution is 0.456. The van der Waals surface area contributed by atoms with Gasteiger partial charge >= 0.3 is 0 Å². The molecule has 0 spiro atoms. The minimum Gasteiger partial charge on any atom is -0.437 e. The molecule has 0 aliphatic rings. The van der Waals surface area contributed by atoms with E-state index in [4.69, 9.17) is 27.9 Å². The van der Waals surface area contributed by atoms with Crippen LogP contribution in [0, 0.1) is 13.8 Å². The Morgan fingerprint density at radius 1 is 1.12 bits per heavy atom. The summed E-state index contributed by atoms with van der Waals surface area (Å²) < 4.78 is 5.52. The first-order valence-corrected chi connectivity index (χ1v) is 5.61. The van der Waals surface area contributed by atoms with Gasteiger partial charge in [0.1, 0.15) is 11.9 Å². The van der Waals surface area contributed by atoms with Gasteiger partial charge in [0.2, 0.25) is 11.2 Å². The van der Waals surface area contributed by atoms with Crippen molar-refractivity contribution in [3.8, 4) is 11.6 Å². The molecule has 2 aromatic rings. The smallest absolute Gasteiger partial charge is 0.246 e. The van der Waals surface area contributed by atoms with Crippen molar-refractivity contribution in [3.05, 3.63) is 39.8 Å². The summed E-state index contributed by atoms with van der Waals surface area (Å²) in [4.78, 5) is 3.89. The van der Waals surface area contributed by atoms with Gasteiger partial charge in [0, 0.05) is 5.02 Å². The molecule has 1 aromatic carbocycles. The van der Waals surface area contributed by atoms with Gasteiger partial charge in [0.05, 0.1) is 0 Å². The molecule has 0 aliphatic carbocycles. The Morgan fingerprint density at radius 2 is 1.76 bits per heavy atom. The molecule has 6 heteroatoms. The minimum atomic E-state index is 0.0462. The minimum absolute atomic E-state index is 0.0462. The van der Waals surface area contributed by atoms with Crippen LogP contribution in [0.3, 0.4) is 0 Å². The fourth-order valence-electron chi connectivity index (χ4n) is 1.40. The number of aromatic nitrogens is 3. The molecule has 1 heterocycles. The van der Waals surface area contributed by atoms with Crippen molar-refractivity contribution < 1.29 is 4.74 Å². The molecule has 88 valence electrons. The zero-order valence-electron chi connectivity index (χ0n) is 9.24. The highest BCUT2D eigenvalue weighted by molar-refractivity contribution is 6.32. The molecule has 0 radical (unpaired) electrons. The predicted octanol–water partition coefficient (Wildman–Crippen LogP) is 3.59. The van der Waals surface area contributed by atoms with E-state index in [1.54, 1.807) is 0 Å². The van der Waals surface area contributed by atoms with Gasteiger partial charge < -0.3 is 4.74 Å². The van der Waals surface area contributed by atoms with E-state index in [1.807, 2.05) is 26.0 Å². The summed E-state index contributed by atoms with van der Waals surface area (Å²) in [5.41, 5.74) is 1.88. The average Bonchev–Trinajstić information content (AvgIpc) is 2.26. The van der Waals surface area contributed by atoms with Crippen molar-refractivity contribution in [3.63, 3.8) is 0 Å². The van der Waals surface area contributed by atoms with E-state index in [0.29, 0.717) is 11.6 Å². The molecule has 0 bridgehead atoms. The largest absolute Gasteiger partial charge is 0.437 e. The second kappa shape index (κ2) is 4.85. The van der Waals surface area contributed by atoms with Crippen molar-refractivity contribution in [1.82, 2.24) is 15.2 Å². The Hall–Kier alpha value is -1.39. The number of rotatable bonds is 2. The quantitative estimate of drug-likeness (QED) is 0.836. The molecule has 17 heavy (non-hydrogen) atoms. The van der Waals surface area contributed by atoms with E-state index in [1.165, 1.54) is 6.20 Å². The fourth-order valence-corrected chi connectivity index (χ4v) is 1.64. The molecule has 0 saturated heterocycles. The van der Waals surface area contributed by atoms with Crippen molar-refractivity contribution in [2.45, 2.75) is 13.8 Å². The highest BCUT2D eigenvalue weighted by Crippen LogP contribution is 2.28. The van der Waals surface area contributed by atoms with E-state index in [2.05, 4.69) is 15.2 Å². The molecule has 0 amide bonds. The molecule has 0 N–H and O–H groups in total. The first kappa shape index (κ1) is 12.1. The fraction of sp³-hybridized carbons (Fsp3) is 0.182. The SMILES string of the molecule is Cc1cc(Oc2cnnc(Cl)n2)cc(C)c1Cl. The normalized spacial score (nSPS) is 10.4. The van der Waals surface area contributed by atoms with Crippen LogP contribution in [0.4, 0.5) is 0 Å². The third-order valence-electron chi connectivity index (χ3n) is 2.14. The standard InChI is InChI=1S/C11H9Cl2N3O/c1-6-3-8(4-7(2)10(6)12)17-9-5-14-16-11(13)15-9/h3-5H,1-2H3. The third-order valence-corrected chi connectivity index (χ3v) is 2.90. The number of ether oxygens (including phenoxy) is 1. The first-order chi connectivity index (χ1) is 8.06. The molecule has 0 fully saturated rings. The van der Waals surface area contributed by atoms with Gasteiger partial charge in [-0.1, -0.05) is 11.6 Å². The topological polar surface area (TPSA) is 47.9 Å². The number of hydrogen-bond acceptors (Lipinski definition) is 4. The third kappa shape index (κ3) is 2.84. The van der Waals surface area contributed by atoms with E-state index in [9.17, 15) is 0 Å². The van der Waals surface area contributed by atoms with Crippen molar-refractivity contribution in [2.75, 3.05) is 0 Å². The van der Waals surface area contributed by atoms with Crippen LogP contribution < -0.4 is 4.74 Å². The van der Waals surface area contributed by atoms with Crippen LogP contribution in [0.25, 0.3) is 0 Å². The van der Waals surface area contributed by atoms with E-state index in [0.717, 1.165) is 16.1 Å². The molecule has 0 aliphatic heterocycles. The molecular formula is C11H9Cl2N3O. The highest BCUT2D eigenvalue weighted by atomic mass is 35.5. The van der Waals surface area contributed by atoms with Crippen LogP contribution >= 0.6 is 23.2 Å². The maximum absolute atomic E-state index is 6.06. The maximum atomic E-state index is 6.06. The van der Waals surface area contributed by atoms with Crippen LogP contribution in [-0.2, 0) is 0 Å². The average molecular weight is 270 g/mol. The molecule has 1 aromatic heterocycles. The summed E-state index contributed by atoms with van der Waals surface area (Å²) in [6.07, 6.45) is 1.39. The molecule has 0 atom stereocenters. The van der Waals surface area contributed by atoms with Crippen LogP contribution in [0.15, 0.2) is 18.3 Å². The van der Waals surface area contributed by atoms with Gasteiger partial charge in [-0.2, -0.15) is 10.1 Å². The summed E-state index contributed by atoms with van der Waals surface area (Å²) in [7, 11) is 0. The van der Waals surface area contributed by atoms with Gasteiger partial charge in [-0.15, -0.1) is 5.10 Å². The van der Waals surface area contributed by atoms with Crippen molar-refractivity contribution in [1.29, 1.82) is 0 Å². The predicted molar refractivity (Wildman–Crippen MR) is 65.8 cm³/mol. The summed E-state index contributed by atoms with van der Waals surface area (Å²) in [5, 5.41) is 7.96. The molecular weight excluding hydrogens is 261 g/mol. The maximum Gasteiger partial charge on any atom is 0.246 e. The van der Waals surface area contributed by atoms with Crippen LogP contribution in [0.5, 0.6) is 11.6 Å². The lowest BCUT2D eigenvalue weighted by Gasteiger charge is -2.08. The second-order valence-corrected chi connectivity index (χ2v) is 4.25. The lowest BCUT2D eigenvalue weighted by atomic mass is 10.1. The number of nitrogens with zero attached hydrogens (tertiary/aromatic N) is 3. The van der Waals surface area contributed by atoms with E-state index >= 15 is 0 Å². The van der Waals surface area contributed by atoms with Crippen molar-refractivity contribution >= 4 is 23.2 Å². The van der Waals surface area contributed by atoms with Gasteiger partial charge in [-0.3, -0.25) is 0 Å². The number of aryl methyl sites for hydroxylation is 2. The Balaban J connectivity index is 2.31. The molecule has 0 saturated carbocycles. The Bertz CT molecular complexity index is 537. The zero-order chi connectivity index (χ0) is 12.4. The Kier molecular flexibility index (Phi) is 3.45. The summed E-state index contributed by atoms with van der Waals surface area (Å²) in [5.74, 6) is 0.937. The van der Waals surface area contributed by atoms with E-state index in [-0.39, 0.29) is 5.28 Å². The monoisotopic (exact) mass is 269 g/mol. The molecule has 2 rings (SSSR count). The van der Waals surface area contributed by atoms with Gasteiger partial charge in [-0.25, -0.2) is 0 Å². The van der Waals surface area contributed by atoms with Gasteiger partial charge in [-0.05, 0) is 48.7 Å². The van der Waals surface area contributed by atoms with E-state index < -0.39 is 0 Å². The second-order valence-electron chi connectivity index (χ2n) is 3.54. The Labute approximate surface area is 109 Å². The van der Waals surface area contributed by atoms with Gasteiger partial charge in [0.15, 0.2) is 0 Å². The summed E-state index contributed by atoms with van der Waals surface area (Å²) in [6, 6.07) is 3.65. The first-order valence-electron chi connectivity index (χ1n) is 4.86. The Morgan fingerprint density at radius 3 is 2.35 bits per heavy atom. The summed E-state index contributed by atoms with van der Waals surface area (Å²) in [6.45, 7) is 3.82. The highest BCUT2D eigenvalue weighted by Gasteiger charge is 2.06. The van der Waals surface area contributed by atoms with Gasteiger partial charge in [0.25, 0.3) is 0 Å². The lowest BCUT2D eigenvalue weighted by Crippen LogP contribution is -1.93. The zero-order valence-corrected chi connectivity index (χ0v) is 10.7. The number of benzene rings is 1. The molecule has 4 nitrogen and oxygen atoms in total. The van der Waals surface area contributed by atoms with Crippen molar-refractivity contribution in [2.24, 2.45) is 0 Å². The van der Waals surface area contributed by atoms with Crippen LogP contribution in [0.1, 0.15) is 11.1 Å². The number of hydrogen-bond donors (Lipinski definition) is 0. The molecule has 0 unspecified atom stereocenters.